The molecule has 0 amide bonds. The first-order valence-corrected chi connectivity index (χ1v) is 9.28. The van der Waals surface area contributed by atoms with E-state index >= 15 is 0 Å². The first-order valence-electron chi connectivity index (χ1n) is 7.96. The van der Waals surface area contributed by atoms with Crippen molar-refractivity contribution in [3.63, 3.8) is 0 Å². The predicted octanol–water partition coefficient (Wildman–Crippen LogP) is 3.44. The molecule has 1 saturated carbocycles. The van der Waals surface area contributed by atoms with Crippen LogP contribution in [-0.2, 0) is 10.8 Å². The van der Waals surface area contributed by atoms with Crippen molar-refractivity contribution < 1.29 is 17.4 Å². The highest BCUT2D eigenvalue weighted by atomic mass is 127. The molecular weight excluding hydrogens is 454 g/mol. The van der Waals surface area contributed by atoms with Crippen molar-refractivity contribution in [3.05, 3.63) is 0 Å². The molecule has 4 nitrogen and oxygen atoms in total. The van der Waals surface area contributed by atoms with Crippen molar-refractivity contribution in [1.29, 1.82) is 0 Å². The second kappa shape index (κ2) is 10.2. The summed E-state index contributed by atoms with van der Waals surface area (Å²) in [6.45, 7) is 6.29. The van der Waals surface area contributed by atoms with Gasteiger partial charge in [-0.05, 0) is 46.5 Å². The quantitative estimate of drug-likeness (QED) is 0.366. The van der Waals surface area contributed by atoms with Crippen molar-refractivity contribution in [3.8, 4) is 0 Å². The lowest BCUT2D eigenvalue weighted by Crippen LogP contribution is -2.47. The molecule has 0 aromatic carbocycles. The molecule has 0 spiro atoms. The van der Waals surface area contributed by atoms with Crippen LogP contribution in [-0.4, -0.2) is 46.5 Å². The van der Waals surface area contributed by atoms with E-state index < -0.39 is 22.9 Å². The lowest BCUT2D eigenvalue weighted by molar-refractivity contribution is -0.182. The molecule has 24 heavy (non-hydrogen) atoms. The lowest BCUT2D eigenvalue weighted by Gasteiger charge is -2.31. The van der Waals surface area contributed by atoms with Gasteiger partial charge in [-0.2, -0.15) is 13.2 Å². The molecule has 1 atom stereocenters. The van der Waals surface area contributed by atoms with Crippen LogP contribution in [0.1, 0.15) is 46.5 Å². The number of aliphatic imine (C=N–C) groups is 1. The minimum atomic E-state index is -4.08. The number of nitrogens with one attached hydrogen (secondary N) is 2. The van der Waals surface area contributed by atoms with E-state index in [2.05, 4.69) is 15.6 Å². The van der Waals surface area contributed by atoms with Gasteiger partial charge in [0.25, 0.3) is 0 Å². The number of alkyl halides is 3. The van der Waals surface area contributed by atoms with Gasteiger partial charge < -0.3 is 10.6 Å². The zero-order chi connectivity index (χ0) is 17.7. The van der Waals surface area contributed by atoms with Crippen molar-refractivity contribution in [2.75, 3.05) is 19.3 Å². The Morgan fingerprint density at radius 1 is 1.17 bits per heavy atom. The largest absolute Gasteiger partial charge is 0.391 e. The molecular formula is C15H29F3IN3OS. The van der Waals surface area contributed by atoms with E-state index in [9.17, 15) is 17.4 Å². The summed E-state index contributed by atoms with van der Waals surface area (Å²) in [5.41, 5.74) is 0. The summed E-state index contributed by atoms with van der Waals surface area (Å²) in [5.74, 6) is -0.110. The molecule has 0 radical (unpaired) electrons. The smallest absolute Gasteiger partial charge is 0.355 e. The summed E-state index contributed by atoms with van der Waals surface area (Å²) in [6, 6.07) is 0.00733. The lowest BCUT2D eigenvalue weighted by atomic mass is 9.85. The summed E-state index contributed by atoms with van der Waals surface area (Å²) in [4.78, 5) is 4.08. The van der Waals surface area contributed by atoms with Gasteiger partial charge in [-0.3, -0.25) is 9.20 Å². The topological polar surface area (TPSA) is 53.5 Å². The monoisotopic (exact) mass is 483 g/mol. The molecule has 0 heterocycles. The molecule has 9 heteroatoms. The maximum Gasteiger partial charge on any atom is 0.391 e. The fourth-order valence-corrected chi connectivity index (χ4v) is 3.42. The zero-order valence-electron chi connectivity index (χ0n) is 14.7. The van der Waals surface area contributed by atoms with Crippen LogP contribution in [0, 0.1) is 5.92 Å². The Kier molecular flexibility index (Phi) is 10.2. The van der Waals surface area contributed by atoms with Gasteiger partial charge in [-0.25, -0.2) is 0 Å². The van der Waals surface area contributed by atoms with Crippen LogP contribution in [0.4, 0.5) is 13.2 Å². The molecule has 1 unspecified atom stereocenters. The third-order valence-corrected chi connectivity index (χ3v) is 5.96. The highest BCUT2D eigenvalue weighted by Crippen LogP contribution is 2.37. The average molecular weight is 483 g/mol. The van der Waals surface area contributed by atoms with Crippen LogP contribution >= 0.6 is 24.0 Å². The summed E-state index contributed by atoms with van der Waals surface area (Å²) in [7, 11) is 0.675. The summed E-state index contributed by atoms with van der Waals surface area (Å²) < 4.78 is 49.7. The minimum Gasteiger partial charge on any atom is -0.355 e. The summed E-state index contributed by atoms with van der Waals surface area (Å²) in [5, 5.41) is 6.25. The maximum atomic E-state index is 12.7. The molecule has 2 N–H and O–H groups in total. The Morgan fingerprint density at radius 2 is 1.71 bits per heavy atom. The van der Waals surface area contributed by atoms with Gasteiger partial charge >= 0.3 is 6.18 Å². The number of guanidine groups is 1. The Morgan fingerprint density at radius 3 is 2.12 bits per heavy atom. The number of rotatable bonds is 4. The van der Waals surface area contributed by atoms with Gasteiger partial charge in [0.1, 0.15) is 0 Å². The third kappa shape index (κ3) is 8.35. The van der Waals surface area contributed by atoms with Gasteiger partial charge in [-0.1, -0.05) is 0 Å². The minimum absolute atomic E-state index is 0. The maximum absolute atomic E-state index is 12.7. The van der Waals surface area contributed by atoms with Crippen molar-refractivity contribution in [1.82, 2.24) is 10.6 Å². The molecule has 0 aromatic rings. The van der Waals surface area contributed by atoms with Gasteiger partial charge in [0.2, 0.25) is 0 Å². The van der Waals surface area contributed by atoms with Crippen molar-refractivity contribution >= 4 is 40.7 Å². The van der Waals surface area contributed by atoms with Gasteiger partial charge in [0.05, 0.1) is 5.92 Å². The molecule has 0 bridgehead atoms. The highest BCUT2D eigenvalue weighted by Gasteiger charge is 2.41. The van der Waals surface area contributed by atoms with Crippen molar-refractivity contribution in [2.24, 2.45) is 10.9 Å². The predicted molar refractivity (Wildman–Crippen MR) is 104 cm³/mol. The van der Waals surface area contributed by atoms with E-state index in [0.29, 0.717) is 31.1 Å². The normalized spacial score (nSPS) is 24.0. The first-order chi connectivity index (χ1) is 10.5. The molecule has 1 aliphatic rings. The second-order valence-corrected chi connectivity index (χ2v) is 9.22. The van der Waals surface area contributed by atoms with Crippen LogP contribution < -0.4 is 10.6 Å². The molecule has 1 rings (SSSR count). The van der Waals surface area contributed by atoms with Crippen LogP contribution in [0.3, 0.4) is 0 Å². The average Bonchev–Trinajstić information content (AvgIpc) is 2.44. The second-order valence-electron chi connectivity index (χ2n) is 6.90. The van der Waals surface area contributed by atoms with Crippen LogP contribution in [0.15, 0.2) is 4.99 Å². The Balaban J connectivity index is 0.00000529. The summed E-state index contributed by atoms with van der Waals surface area (Å²) >= 11 is 0. The number of hydrogen-bond donors (Lipinski definition) is 2. The highest BCUT2D eigenvalue weighted by molar-refractivity contribution is 14.0. The summed E-state index contributed by atoms with van der Waals surface area (Å²) in [6.07, 6.45) is -2.79. The van der Waals surface area contributed by atoms with Gasteiger partial charge in [0, 0.05) is 40.9 Å². The fourth-order valence-electron chi connectivity index (χ4n) is 2.52. The number of halogens is 4. The van der Waals surface area contributed by atoms with E-state index in [1.165, 1.54) is 0 Å². The van der Waals surface area contributed by atoms with E-state index in [4.69, 9.17) is 0 Å². The fraction of sp³-hybridized carbons (Fsp3) is 0.933. The van der Waals surface area contributed by atoms with Crippen LogP contribution in [0.5, 0.6) is 0 Å². The zero-order valence-corrected chi connectivity index (χ0v) is 17.9. The number of nitrogens with zero attached hydrogens (tertiary/aromatic N) is 1. The van der Waals surface area contributed by atoms with E-state index in [0.717, 1.165) is 0 Å². The Hall–Kier alpha value is -0.0600. The van der Waals surface area contributed by atoms with Crippen LogP contribution in [0.2, 0.25) is 0 Å². The third-order valence-electron chi connectivity index (χ3n) is 4.02. The van der Waals surface area contributed by atoms with E-state index in [-0.39, 0.29) is 47.6 Å². The Labute approximate surface area is 162 Å². The first kappa shape index (κ1) is 23.9. The SMILES string of the molecule is CN=C(NCCS(=O)C(C)(C)C)NC1CCC(C(F)(F)F)CC1.I. The van der Waals surface area contributed by atoms with E-state index in [1.807, 2.05) is 20.8 Å². The number of hydrogen-bond acceptors (Lipinski definition) is 2. The Bertz CT molecular complexity index is 431. The van der Waals surface area contributed by atoms with Crippen molar-refractivity contribution in [2.45, 2.75) is 63.4 Å². The van der Waals surface area contributed by atoms with Crippen LogP contribution in [0.25, 0.3) is 0 Å². The van der Waals surface area contributed by atoms with Gasteiger partial charge in [0.15, 0.2) is 5.96 Å². The van der Waals surface area contributed by atoms with E-state index in [1.54, 1.807) is 7.05 Å². The molecule has 0 saturated heterocycles. The molecule has 144 valence electrons. The molecule has 1 fully saturated rings. The standard InChI is InChI=1S/C15H28F3N3OS.HI/c1-14(2,3)23(22)10-9-20-13(19-4)21-12-7-5-11(6-8-12)15(16,17)18;/h11-12H,5-10H2,1-4H3,(H2,19,20,21);1H. The molecule has 0 aliphatic heterocycles. The van der Waals surface area contributed by atoms with Gasteiger partial charge in [-0.15, -0.1) is 24.0 Å². The molecule has 0 aromatic heterocycles. The molecule has 1 aliphatic carbocycles.